The summed E-state index contributed by atoms with van der Waals surface area (Å²) in [6.07, 6.45) is 0. The molecule has 2 aromatic carbocycles. The Kier molecular flexibility index (Phi) is 3.48. The molecule has 3 aromatic rings. The number of hydrogen-bond acceptors (Lipinski definition) is 1. The van der Waals surface area contributed by atoms with Gasteiger partial charge in [-0.1, -0.05) is 6.07 Å². The zero-order chi connectivity index (χ0) is 14.3. The third-order valence-electron chi connectivity index (χ3n) is 2.97. The van der Waals surface area contributed by atoms with Crippen LogP contribution in [0.25, 0.3) is 16.7 Å². The monoisotopic (exact) mass is 356 g/mol. The Morgan fingerprint density at radius 1 is 1.20 bits per heavy atom. The molecule has 0 atom stereocenters. The highest BCUT2D eigenvalue weighted by Gasteiger charge is 2.16. The van der Waals surface area contributed by atoms with Crippen molar-refractivity contribution in [1.82, 2.24) is 9.55 Å². The minimum Gasteiger partial charge on any atom is -0.294 e. The number of rotatable bonds is 2. The Labute approximate surface area is 127 Å². The van der Waals surface area contributed by atoms with E-state index in [-0.39, 0.29) is 17.2 Å². The summed E-state index contributed by atoms with van der Waals surface area (Å²) in [7, 11) is 0. The molecular formula is C14H8BrClF2N2. The van der Waals surface area contributed by atoms with Gasteiger partial charge in [0.15, 0.2) is 5.82 Å². The summed E-state index contributed by atoms with van der Waals surface area (Å²) in [6, 6.07) is 8.92. The molecule has 6 heteroatoms. The van der Waals surface area contributed by atoms with Crippen molar-refractivity contribution in [2.24, 2.45) is 0 Å². The van der Waals surface area contributed by atoms with Crippen LogP contribution < -0.4 is 0 Å². The summed E-state index contributed by atoms with van der Waals surface area (Å²) in [5.74, 6) is -0.267. The second kappa shape index (κ2) is 5.14. The molecular weight excluding hydrogens is 350 g/mol. The van der Waals surface area contributed by atoms with Crippen molar-refractivity contribution in [2.75, 3.05) is 0 Å². The third kappa shape index (κ3) is 2.11. The lowest BCUT2D eigenvalue weighted by Crippen LogP contribution is -2.01. The average Bonchev–Trinajstić information content (AvgIpc) is 2.81. The van der Waals surface area contributed by atoms with Gasteiger partial charge in [-0.25, -0.2) is 13.8 Å². The lowest BCUT2D eigenvalue weighted by molar-refractivity contribution is 0.626. The smallest absolute Gasteiger partial charge is 0.151 e. The lowest BCUT2D eigenvalue weighted by Gasteiger charge is -2.10. The SMILES string of the molecule is Fc1ccc(Br)c(-n2c(CCl)nc3c(F)cccc32)c1. The molecule has 0 fully saturated rings. The van der Waals surface area contributed by atoms with Gasteiger partial charge in [-0.15, -0.1) is 11.6 Å². The van der Waals surface area contributed by atoms with Crippen LogP contribution in [0.3, 0.4) is 0 Å². The molecule has 0 aliphatic heterocycles. The first kappa shape index (κ1) is 13.5. The van der Waals surface area contributed by atoms with Crippen molar-refractivity contribution < 1.29 is 8.78 Å². The molecule has 1 heterocycles. The second-order valence-electron chi connectivity index (χ2n) is 4.20. The maximum atomic E-state index is 13.8. The molecule has 102 valence electrons. The van der Waals surface area contributed by atoms with Gasteiger partial charge in [0, 0.05) is 4.47 Å². The highest BCUT2D eigenvalue weighted by molar-refractivity contribution is 9.10. The Morgan fingerprint density at radius 3 is 2.75 bits per heavy atom. The Hall–Kier alpha value is -1.46. The van der Waals surface area contributed by atoms with E-state index in [4.69, 9.17) is 11.6 Å². The fourth-order valence-corrected chi connectivity index (χ4v) is 2.73. The summed E-state index contributed by atoms with van der Waals surface area (Å²) >= 11 is 9.25. The number of fused-ring (bicyclic) bond motifs is 1. The van der Waals surface area contributed by atoms with Crippen molar-refractivity contribution in [3.05, 3.63) is 58.3 Å². The third-order valence-corrected chi connectivity index (χ3v) is 3.88. The molecule has 2 nitrogen and oxygen atoms in total. The van der Waals surface area contributed by atoms with Crippen LogP contribution in [-0.2, 0) is 5.88 Å². The van der Waals surface area contributed by atoms with Crippen LogP contribution in [-0.4, -0.2) is 9.55 Å². The topological polar surface area (TPSA) is 17.8 Å². The largest absolute Gasteiger partial charge is 0.294 e. The highest BCUT2D eigenvalue weighted by atomic mass is 79.9. The second-order valence-corrected chi connectivity index (χ2v) is 5.32. The molecule has 0 radical (unpaired) electrons. The standard InChI is InChI=1S/C14H8BrClF2N2/c15-9-5-4-8(17)6-12(9)20-11-3-1-2-10(18)14(11)19-13(20)7-16/h1-6H,7H2. The van der Waals surface area contributed by atoms with E-state index in [0.717, 1.165) is 0 Å². The Bertz CT molecular complexity index is 801. The number of imidazole rings is 1. The van der Waals surface area contributed by atoms with Crippen molar-refractivity contribution in [3.8, 4) is 5.69 Å². The number of aromatic nitrogens is 2. The minimum atomic E-state index is -0.430. The van der Waals surface area contributed by atoms with Gasteiger partial charge in [-0.05, 0) is 46.3 Å². The molecule has 3 rings (SSSR count). The van der Waals surface area contributed by atoms with Crippen molar-refractivity contribution in [1.29, 1.82) is 0 Å². The molecule has 0 saturated heterocycles. The summed E-state index contributed by atoms with van der Waals surface area (Å²) in [5, 5.41) is 0. The van der Waals surface area contributed by atoms with Gasteiger partial charge in [0.2, 0.25) is 0 Å². The van der Waals surface area contributed by atoms with Crippen molar-refractivity contribution >= 4 is 38.6 Å². The zero-order valence-electron chi connectivity index (χ0n) is 10.1. The predicted octanol–water partition coefficient (Wildman–Crippen LogP) is 4.81. The number of nitrogens with zero attached hydrogens (tertiary/aromatic N) is 2. The van der Waals surface area contributed by atoms with Crippen LogP contribution in [0.5, 0.6) is 0 Å². The maximum Gasteiger partial charge on any atom is 0.151 e. The van der Waals surface area contributed by atoms with Gasteiger partial charge < -0.3 is 0 Å². The van der Waals surface area contributed by atoms with Gasteiger partial charge in [-0.2, -0.15) is 0 Å². The van der Waals surface area contributed by atoms with Crippen molar-refractivity contribution in [2.45, 2.75) is 5.88 Å². The molecule has 0 amide bonds. The molecule has 0 saturated carbocycles. The van der Waals surface area contributed by atoms with Gasteiger partial charge in [-0.3, -0.25) is 4.57 Å². The fourth-order valence-electron chi connectivity index (χ4n) is 2.13. The highest BCUT2D eigenvalue weighted by Crippen LogP contribution is 2.29. The van der Waals surface area contributed by atoms with Crippen LogP contribution in [0.1, 0.15) is 5.82 Å². The molecule has 0 bridgehead atoms. The van der Waals surface area contributed by atoms with Crippen LogP contribution in [0.2, 0.25) is 0 Å². The van der Waals surface area contributed by atoms with E-state index in [0.29, 0.717) is 21.5 Å². The quantitative estimate of drug-likeness (QED) is 0.602. The van der Waals surface area contributed by atoms with E-state index in [2.05, 4.69) is 20.9 Å². The molecule has 1 aromatic heterocycles. The van der Waals surface area contributed by atoms with E-state index in [1.165, 1.54) is 18.2 Å². The van der Waals surface area contributed by atoms with Gasteiger partial charge in [0.05, 0.1) is 17.1 Å². The molecule has 0 aliphatic rings. The summed E-state index contributed by atoms with van der Waals surface area (Å²) in [4.78, 5) is 4.19. The van der Waals surface area contributed by atoms with E-state index >= 15 is 0 Å². The average molecular weight is 358 g/mol. The van der Waals surface area contributed by atoms with Crippen LogP contribution in [0.4, 0.5) is 8.78 Å². The van der Waals surface area contributed by atoms with Crippen LogP contribution in [0.15, 0.2) is 40.9 Å². The number of benzene rings is 2. The van der Waals surface area contributed by atoms with E-state index in [1.54, 1.807) is 22.8 Å². The number of hydrogen-bond donors (Lipinski definition) is 0. The first-order chi connectivity index (χ1) is 9.61. The Morgan fingerprint density at radius 2 is 2.00 bits per heavy atom. The summed E-state index contributed by atoms with van der Waals surface area (Å²) in [5.41, 5.74) is 1.31. The van der Waals surface area contributed by atoms with E-state index < -0.39 is 5.82 Å². The Balaban J connectivity index is 2.40. The first-order valence-corrected chi connectivity index (χ1v) is 7.12. The maximum absolute atomic E-state index is 13.8. The van der Waals surface area contributed by atoms with Gasteiger partial charge in [0.25, 0.3) is 0 Å². The summed E-state index contributed by atoms with van der Waals surface area (Å²) < 4.78 is 29.6. The number of halogens is 4. The van der Waals surface area contributed by atoms with E-state index in [9.17, 15) is 8.78 Å². The summed E-state index contributed by atoms with van der Waals surface area (Å²) in [6.45, 7) is 0. The predicted molar refractivity (Wildman–Crippen MR) is 78.2 cm³/mol. The first-order valence-electron chi connectivity index (χ1n) is 5.79. The molecule has 0 unspecified atom stereocenters. The van der Waals surface area contributed by atoms with E-state index in [1.807, 2.05) is 0 Å². The molecule has 0 aliphatic carbocycles. The van der Waals surface area contributed by atoms with Gasteiger partial charge in [0.1, 0.15) is 17.2 Å². The number of para-hydroxylation sites is 1. The van der Waals surface area contributed by atoms with Crippen LogP contribution >= 0.6 is 27.5 Å². The fraction of sp³-hybridized carbons (Fsp3) is 0.0714. The molecule has 20 heavy (non-hydrogen) atoms. The molecule has 0 spiro atoms. The minimum absolute atomic E-state index is 0.0943. The van der Waals surface area contributed by atoms with Gasteiger partial charge >= 0.3 is 0 Å². The molecule has 0 N–H and O–H groups in total. The van der Waals surface area contributed by atoms with Crippen LogP contribution in [0, 0.1) is 11.6 Å². The number of alkyl halides is 1. The van der Waals surface area contributed by atoms with Crippen molar-refractivity contribution in [3.63, 3.8) is 0 Å². The normalized spacial score (nSPS) is 11.2. The zero-order valence-corrected chi connectivity index (χ0v) is 12.4. The lowest BCUT2D eigenvalue weighted by atomic mass is 10.2.